The molecule has 0 radical (unpaired) electrons. The molecule has 1 rings (SSSR count). The standard InChI is InChI=1S/C16H22O7/c1-11(4-6-17)23-16(21)14-3-2-13(15(19)20)10-12(14)5-8-22-9-7-18/h2-3,10-11,17-18H,4-9H2,1H3,(H,19,20). The number of esters is 1. The van der Waals surface area contributed by atoms with Gasteiger partial charge in [-0.25, -0.2) is 9.59 Å². The number of ether oxygens (including phenoxy) is 2. The Bertz CT molecular complexity index is 527. The quantitative estimate of drug-likeness (QED) is 0.432. The van der Waals surface area contributed by atoms with Gasteiger partial charge in [0.05, 0.1) is 30.9 Å². The van der Waals surface area contributed by atoms with Crippen LogP contribution in [0, 0.1) is 0 Å². The lowest BCUT2D eigenvalue weighted by Crippen LogP contribution is -2.18. The van der Waals surface area contributed by atoms with Crippen LogP contribution in [-0.2, 0) is 15.9 Å². The van der Waals surface area contributed by atoms with Crippen molar-refractivity contribution in [3.05, 3.63) is 34.9 Å². The van der Waals surface area contributed by atoms with Crippen LogP contribution in [0.5, 0.6) is 0 Å². The molecule has 1 aromatic carbocycles. The highest BCUT2D eigenvalue weighted by Gasteiger charge is 2.17. The highest BCUT2D eigenvalue weighted by Crippen LogP contribution is 2.16. The normalized spacial score (nSPS) is 12.0. The molecule has 1 unspecified atom stereocenters. The zero-order valence-corrected chi connectivity index (χ0v) is 13.0. The van der Waals surface area contributed by atoms with Crippen molar-refractivity contribution in [1.29, 1.82) is 0 Å². The van der Waals surface area contributed by atoms with E-state index < -0.39 is 18.0 Å². The molecule has 0 amide bonds. The molecule has 0 bridgehead atoms. The van der Waals surface area contributed by atoms with E-state index in [9.17, 15) is 9.59 Å². The molecule has 0 aromatic heterocycles. The third-order valence-corrected chi connectivity index (χ3v) is 3.17. The topological polar surface area (TPSA) is 113 Å². The Morgan fingerprint density at radius 3 is 2.52 bits per heavy atom. The Morgan fingerprint density at radius 2 is 1.91 bits per heavy atom. The van der Waals surface area contributed by atoms with Crippen LogP contribution < -0.4 is 0 Å². The summed E-state index contributed by atoms with van der Waals surface area (Å²) in [6, 6.07) is 4.17. The second-order valence-corrected chi connectivity index (χ2v) is 4.99. The summed E-state index contributed by atoms with van der Waals surface area (Å²) in [5.74, 6) is -1.66. The first-order chi connectivity index (χ1) is 11.0. The van der Waals surface area contributed by atoms with Gasteiger partial charge < -0.3 is 24.8 Å². The summed E-state index contributed by atoms with van der Waals surface area (Å²) in [5.41, 5.74) is 0.846. The maximum absolute atomic E-state index is 12.2. The fraction of sp³-hybridized carbons (Fsp3) is 0.500. The summed E-state index contributed by atoms with van der Waals surface area (Å²) in [6.45, 7) is 1.89. The van der Waals surface area contributed by atoms with Gasteiger partial charge in [0.25, 0.3) is 0 Å². The monoisotopic (exact) mass is 326 g/mol. The summed E-state index contributed by atoms with van der Waals surface area (Å²) in [6.07, 6.45) is 0.207. The van der Waals surface area contributed by atoms with Gasteiger partial charge in [0.1, 0.15) is 6.10 Å². The molecule has 0 spiro atoms. The van der Waals surface area contributed by atoms with E-state index in [4.69, 9.17) is 24.8 Å². The lowest BCUT2D eigenvalue weighted by Gasteiger charge is -2.14. The van der Waals surface area contributed by atoms with Crippen molar-refractivity contribution in [1.82, 2.24) is 0 Å². The first-order valence-corrected chi connectivity index (χ1v) is 7.36. The molecule has 1 aromatic rings. The lowest BCUT2D eigenvalue weighted by molar-refractivity contribution is 0.0287. The number of carboxylic acids is 1. The molecule has 7 heteroatoms. The minimum Gasteiger partial charge on any atom is -0.478 e. The number of carboxylic acid groups (broad SMARTS) is 1. The van der Waals surface area contributed by atoms with Gasteiger partial charge in [0.2, 0.25) is 0 Å². The fourth-order valence-electron chi connectivity index (χ4n) is 1.97. The summed E-state index contributed by atoms with van der Waals surface area (Å²) in [5, 5.41) is 26.6. The van der Waals surface area contributed by atoms with Crippen LogP contribution in [0.25, 0.3) is 0 Å². The van der Waals surface area contributed by atoms with Crippen molar-refractivity contribution >= 4 is 11.9 Å². The molecule has 0 heterocycles. The average molecular weight is 326 g/mol. The van der Waals surface area contributed by atoms with Gasteiger partial charge in [0, 0.05) is 13.0 Å². The highest BCUT2D eigenvalue weighted by molar-refractivity contribution is 5.94. The van der Waals surface area contributed by atoms with E-state index in [1.54, 1.807) is 6.92 Å². The minimum atomic E-state index is -1.09. The van der Waals surface area contributed by atoms with Gasteiger partial charge in [-0.1, -0.05) is 0 Å². The molecule has 128 valence electrons. The molecule has 0 aliphatic heterocycles. The molecule has 0 aliphatic rings. The van der Waals surface area contributed by atoms with Crippen LogP contribution >= 0.6 is 0 Å². The van der Waals surface area contributed by atoms with E-state index in [1.165, 1.54) is 18.2 Å². The second kappa shape index (κ2) is 9.94. The summed E-state index contributed by atoms with van der Waals surface area (Å²) >= 11 is 0. The first-order valence-electron chi connectivity index (χ1n) is 7.36. The number of aliphatic hydroxyl groups excluding tert-OH is 2. The van der Waals surface area contributed by atoms with Crippen LogP contribution in [-0.4, -0.2) is 59.8 Å². The van der Waals surface area contributed by atoms with Crippen molar-refractivity contribution in [3.8, 4) is 0 Å². The van der Waals surface area contributed by atoms with Gasteiger partial charge in [0.15, 0.2) is 0 Å². The van der Waals surface area contributed by atoms with E-state index in [2.05, 4.69) is 0 Å². The Labute approximate surface area is 134 Å². The highest BCUT2D eigenvalue weighted by atomic mass is 16.5. The number of rotatable bonds is 10. The van der Waals surface area contributed by atoms with Gasteiger partial charge >= 0.3 is 11.9 Å². The number of carbonyl (C=O) groups is 2. The van der Waals surface area contributed by atoms with Crippen LogP contribution in [0.2, 0.25) is 0 Å². The number of carbonyl (C=O) groups excluding carboxylic acids is 1. The minimum absolute atomic E-state index is 0.0714. The van der Waals surface area contributed by atoms with Crippen LogP contribution in [0.1, 0.15) is 39.6 Å². The van der Waals surface area contributed by atoms with Crippen LogP contribution in [0.15, 0.2) is 18.2 Å². The van der Waals surface area contributed by atoms with E-state index in [0.29, 0.717) is 18.4 Å². The molecule has 7 nitrogen and oxygen atoms in total. The number of hydrogen-bond donors (Lipinski definition) is 3. The molecule has 0 saturated heterocycles. The van der Waals surface area contributed by atoms with E-state index in [0.717, 1.165) is 0 Å². The summed E-state index contributed by atoms with van der Waals surface area (Å²) in [4.78, 5) is 23.3. The third kappa shape index (κ3) is 6.35. The second-order valence-electron chi connectivity index (χ2n) is 4.99. The predicted molar refractivity (Wildman–Crippen MR) is 81.6 cm³/mol. The smallest absolute Gasteiger partial charge is 0.338 e. The van der Waals surface area contributed by atoms with Gasteiger partial charge in [-0.3, -0.25) is 0 Å². The van der Waals surface area contributed by atoms with Gasteiger partial charge in [-0.15, -0.1) is 0 Å². The summed E-state index contributed by atoms with van der Waals surface area (Å²) < 4.78 is 10.4. The predicted octanol–water partition coefficient (Wildman–Crippen LogP) is 0.864. The average Bonchev–Trinajstić information content (AvgIpc) is 2.51. The zero-order valence-electron chi connectivity index (χ0n) is 13.0. The van der Waals surface area contributed by atoms with E-state index in [1.807, 2.05) is 0 Å². The van der Waals surface area contributed by atoms with Gasteiger partial charge in [-0.2, -0.15) is 0 Å². The van der Waals surface area contributed by atoms with Crippen LogP contribution in [0.3, 0.4) is 0 Å². The Hall–Kier alpha value is -1.96. The number of hydrogen-bond acceptors (Lipinski definition) is 6. The van der Waals surface area contributed by atoms with Gasteiger partial charge in [-0.05, 0) is 37.1 Å². The third-order valence-electron chi connectivity index (χ3n) is 3.17. The van der Waals surface area contributed by atoms with E-state index in [-0.39, 0.29) is 37.6 Å². The Balaban J connectivity index is 2.90. The molecule has 3 N–H and O–H groups in total. The molecular formula is C16H22O7. The number of aliphatic hydroxyl groups is 2. The summed E-state index contributed by atoms with van der Waals surface area (Å²) in [7, 11) is 0. The molecule has 0 saturated carbocycles. The molecule has 23 heavy (non-hydrogen) atoms. The van der Waals surface area contributed by atoms with Crippen molar-refractivity contribution in [3.63, 3.8) is 0 Å². The van der Waals surface area contributed by atoms with E-state index >= 15 is 0 Å². The lowest BCUT2D eigenvalue weighted by atomic mass is 10.0. The van der Waals surface area contributed by atoms with Crippen molar-refractivity contribution in [2.75, 3.05) is 26.4 Å². The van der Waals surface area contributed by atoms with Crippen molar-refractivity contribution < 1.29 is 34.4 Å². The maximum Gasteiger partial charge on any atom is 0.338 e. The Morgan fingerprint density at radius 1 is 1.17 bits per heavy atom. The Kier molecular flexibility index (Phi) is 8.25. The number of aromatic carboxylic acids is 1. The first kappa shape index (κ1) is 19.1. The zero-order chi connectivity index (χ0) is 17.2. The largest absolute Gasteiger partial charge is 0.478 e. The fourth-order valence-corrected chi connectivity index (χ4v) is 1.97. The van der Waals surface area contributed by atoms with Crippen LogP contribution in [0.4, 0.5) is 0 Å². The molecule has 0 aliphatic carbocycles. The van der Waals surface area contributed by atoms with Crippen molar-refractivity contribution in [2.24, 2.45) is 0 Å². The molecular weight excluding hydrogens is 304 g/mol. The molecule has 0 fully saturated rings. The SMILES string of the molecule is CC(CCO)OC(=O)c1ccc(C(=O)O)cc1CCOCCO. The molecule has 1 atom stereocenters. The van der Waals surface area contributed by atoms with Crippen molar-refractivity contribution in [2.45, 2.75) is 25.9 Å². The number of benzene rings is 1. The maximum atomic E-state index is 12.2.